The third-order valence-electron chi connectivity index (χ3n) is 3.94. The van der Waals surface area contributed by atoms with Crippen LogP contribution in [0.25, 0.3) is 0 Å². The fourth-order valence-corrected chi connectivity index (χ4v) is 2.58. The molecule has 5 heteroatoms. The van der Waals surface area contributed by atoms with E-state index in [0.29, 0.717) is 17.4 Å². The number of pyridine rings is 1. The SMILES string of the molecule is CCN1CCC(N(C)C(=O)c2cccnc2N)CC1. The van der Waals surface area contributed by atoms with Gasteiger partial charge in [-0.3, -0.25) is 4.79 Å². The van der Waals surface area contributed by atoms with Gasteiger partial charge in [0.25, 0.3) is 5.91 Å². The topological polar surface area (TPSA) is 62.5 Å². The van der Waals surface area contributed by atoms with E-state index in [-0.39, 0.29) is 5.91 Å². The van der Waals surface area contributed by atoms with Crippen LogP contribution in [0.1, 0.15) is 30.1 Å². The lowest BCUT2D eigenvalue weighted by Gasteiger charge is -2.36. The normalized spacial score (nSPS) is 17.4. The van der Waals surface area contributed by atoms with Gasteiger partial charge in [0.15, 0.2) is 0 Å². The third-order valence-corrected chi connectivity index (χ3v) is 3.94. The molecule has 1 aromatic rings. The van der Waals surface area contributed by atoms with E-state index in [1.54, 1.807) is 18.3 Å². The summed E-state index contributed by atoms with van der Waals surface area (Å²) in [7, 11) is 1.86. The lowest BCUT2D eigenvalue weighted by atomic mass is 10.0. The number of anilines is 1. The summed E-state index contributed by atoms with van der Waals surface area (Å²) in [6.07, 6.45) is 3.65. The molecule has 0 saturated carbocycles. The second kappa shape index (κ2) is 6.02. The number of nitrogens with zero attached hydrogens (tertiary/aromatic N) is 3. The number of likely N-dealkylation sites (tertiary alicyclic amines) is 1. The summed E-state index contributed by atoms with van der Waals surface area (Å²) >= 11 is 0. The molecule has 1 fully saturated rings. The number of amides is 1. The van der Waals surface area contributed by atoms with Gasteiger partial charge in [-0.2, -0.15) is 0 Å². The molecule has 19 heavy (non-hydrogen) atoms. The maximum absolute atomic E-state index is 12.4. The number of rotatable bonds is 3. The van der Waals surface area contributed by atoms with E-state index in [1.807, 2.05) is 11.9 Å². The monoisotopic (exact) mass is 262 g/mol. The lowest BCUT2D eigenvalue weighted by Crippen LogP contribution is -2.45. The van der Waals surface area contributed by atoms with E-state index in [0.717, 1.165) is 32.5 Å². The third kappa shape index (κ3) is 3.04. The maximum atomic E-state index is 12.4. The van der Waals surface area contributed by atoms with Crippen LogP contribution in [0.2, 0.25) is 0 Å². The molecular weight excluding hydrogens is 240 g/mol. The van der Waals surface area contributed by atoms with E-state index in [1.165, 1.54) is 0 Å². The van der Waals surface area contributed by atoms with Crippen molar-refractivity contribution in [2.24, 2.45) is 0 Å². The van der Waals surface area contributed by atoms with Crippen molar-refractivity contribution in [2.45, 2.75) is 25.8 Å². The Balaban J connectivity index is 2.02. The van der Waals surface area contributed by atoms with Crippen LogP contribution >= 0.6 is 0 Å². The van der Waals surface area contributed by atoms with Crippen LogP contribution in [0.15, 0.2) is 18.3 Å². The van der Waals surface area contributed by atoms with Gasteiger partial charge in [0, 0.05) is 32.4 Å². The van der Waals surface area contributed by atoms with Crippen molar-refractivity contribution in [1.82, 2.24) is 14.8 Å². The quantitative estimate of drug-likeness (QED) is 0.889. The molecule has 2 heterocycles. The van der Waals surface area contributed by atoms with Crippen molar-refractivity contribution in [3.05, 3.63) is 23.9 Å². The van der Waals surface area contributed by atoms with Gasteiger partial charge < -0.3 is 15.5 Å². The van der Waals surface area contributed by atoms with Crippen LogP contribution in [0.4, 0.5) is 5.82 Å². The van der Waals surface area contributed by atoms with Gasteiger partial charge in [0.2, 0.25) is 0 Å². The van der Waals surface area contributed by atoms with E-state index in [2.05, 4.69) is 16.8 Å². The first-order valence-corrected chi connectivity index (χ1v) is 6.83. The minimum absolute atomic E-state index is 0.0273. The van der Waals surface area contributed by atoms with Gasteiger partial charge in [-0.15, -0.1) is 0 Å². The van der Waals surface area contributed by atoms with E-state index in [4.69, 9.17) is 5.73 Å². The number of carbonyl (C=O) groups is 1. The van der Waals surface area contributed by atoms with Gasteiger partial charge in [0.05, 0.1) is 5.56 Å². The first kappa shape index (κ1) is 13.8. The predicted octanol–water partition coefficient (Wildman–Crippen LogP) is 1.22. The summed E-state index contributed by atoms with van der Waals surface area (Å²) in [6.45, 7) is 5.37. The van der Waals surface area contributed by atoms with Gasteiger partial charge >= 0.3 is 0 Å². The van der Waals surface area contributed by atoms with Crippen molar-refractivity contribution in [3.63, 3.8) is 0 Å². The number of piperidine rings is 1. The highest BCUT2D eigenvalue weighted by atomic mass is 16.2. The van der Waals surface area contributed by atoms with Crippen molar-refractivity contribution in [3.8, 4) is 0 Å². The largest absolute Gasteiger partial charge is 0.383 e. The van der Waals surface area contributed by atoms with Crippen molar-refractivity contribution in [2.75, 3.05) is 32.4 Å². The average Bonchev–Trinajstić information content (AvgIpc) is 2.46. The lowest BCUT2D eigenvalue weighted by molar-refractivity contribution is 0.0647. The molecule has 2 rings (SSSR count). The first-order chi connectivity index (χ1) is 9.13. The van der Waals surface area contributed by atoms with Crippen LogP contribution in [0, 0.1) is 0 Å². The molecule has 2 N–H and O–H groups in total. The zero-order valence-electron chi connectivity index (χ0n) is 11.7. The molecule has 1 saturated heterocycles. The van der Waals surface area contributed by atoms with Crippen molar-refractivity contribution in [1.29, 1.82) is 0 Å². The molecule has 0 aromatic carbocycles. The Morgan fingerprint density at radius 3 is 2.79 bits per heavy atom. The van der Waals surface area contributed by atoms with Crippen LogP contribution < -0.4 is 5.73 Å². The van der Waals surface area contributed by atoms with Crippen molar-refractivity contribution < 1.29 is 4.79 Å². The highest BCUT2D eigenvalue weighted by Crippen LogP contribution is 2.18. The molecule has 0 bridgehead atoms. The molecule has 0 aliphatic carbocycles. The second-order valence-electron chi connectivity index (χ2n) is 5.02. The minimum Gasteiger partial charge on any atom is -0.383 e. The first-order valence-electron chi connectivity index (χ1n) is 6.83. The van der Waals surface area contributed by atoms with E-state index in [9.17, 15) is 4.79 Å². The van der Waals surface area contributed by atoms with Crippen LogP contribution in [0.3, 0.4) is 0 Å². The van der Waals surface area contributed by atoms with E-state index >= 15 is 0 Å². The molecule has 0 spiro atoms. The summed E-state index contributed by atoms with van der Waals surface area (Å²) in [5, 5.41) is 0. The molecule has 0 unspecified atom stereocenters. The minimum atomic E-state index is -0.0273. The Bertz CT molecular complexity index is 441. The van der Waals surface area contributed by atoms with Crippen molar-refractivity contribution >= 4 is 11.7 Å². The maximum Gasteiger partial charge on any atom is 0.257 e. The number of carbonyl (C=O) groups excluding carboxylic acids is 1. The Morgan fingerprint density at radius 1 is 1.53 bits per heavy atom. The summed E-state index contributed by atoms with van der Waals surface area (Å²) in [4.78, 5) is 20.6. The summed E-state index contributed by atoms with van der Waals surface area (Å²) in [5.74, 6) is 0.283. The van der Waals surface area contributed by atoms with Gasteiger partial charge in [0.1, 0.15) is 5.82 Å². The molecule has 1 aromatic heterocycles. The zero-order chi connectivity index (χ0) is 13.8. The predicted molar refractivity (Wildman–Crippen MR) is 75.9 cm³/mol. The molecule has 104 valence electrons. The number of hydrogen-bond acceptors (Lipinski definition) is 4. The van der Waals surface area contributed by atoms with E-state index < -0.39 is 0 Å². The van der Waals surface area contributed by atoms with Gasteiger partial charge in [-0.05, 0) is 31.5 Å². The Labute approximate surface area is 114 Å². The van der Waals surface area contributed by atoms with Gasteiger partial charge in [-0.25, -0.2) is 4.98 Å². The number of nitrogens with two attached hydrogens (primary N) is 1. The fraction of sp³-hybridized carbons (Fsp3) is 0.571. The molecule has 1 amide bonds. The number of nitrogen functional groups attached to an aromatic ring is 1. The second-order valence-corrected chi connectivity index (χ2v) is 5.02. The van der Waals surface area contributed by atoms with Crippen LogP contribution in [0.5, 0.6) is 0 Å². The summed E-state index contributed by atoms with van der Waals surface area (Å²) in [6, 6.07) is 3.79. The summed E-state index contributed by atoms with van der Waals surface area (Å²) in [5.41, 5.74) is 6.27. The summed E-state index contributed by atoms with van der Waals surface area (Å²) < 4.78 is 0. The van der Waals surface area contributed by atoms with Crippen LogP contribution in [-0.4, -0.2) is 53.4 Å². The Kier molecular flexibility index (Phi) is 4.37. The molecule has 0 atom stereocenters. The highest BCUT2D eigenvalue weighted by Gasteiger charge is 2.26. The average molecular weight is 262 g/mol. The standard InChI is InChI=1S/C14H22N4O/c1-3-18-9-6-11(7-10-18)17(2)14(19)12-5-4-8-16-13(12)15/h4-5,8,11H,3,6-7,9-10H2,1-2H3,(H2,15,16). The molecule has 5 nitrogen and oxygen atoms in total. The smallest absolute Gasteiger partial charge is 0.257 e. The Morgan fingerprint density at radius 2 is 2.21 bits per heavy atom. The molecule has 0 radical (unpaired) electrons. The molecule has 1 aliphatic heterocycles. The van der Waals surface area contributed by atoms with Crippen LogP contribution in [-0.2, 0) is 0 Å². The Hall–Kier alpha value is -1.62. The molecule has 1 aliphatic rings. The molecular formula is C14H22N4O. The zero-order valence-corrected chi connectivity index (χ0v) is 11.7. The fourth-order valence-electron chi connectivity index (χ4n) is 2.58. The highest BCUT2D eigenvalue weighted by molar-refractivity contribution is 5.98. The number of aromatic nitrogens is 1. The van der Waals surface area contributed by atoms with Gasteiger partial charge in [-0.1, -0.05) is 6.92 Å². The number of hydrogen-bond donors (Lipinski definition) is 1.